The van der Waals surface area contributed by atoms with Crippen LogP contribution in [0.2, 0.25) is 0 Å². The maximum Gasteiger partial charge on any atom is 0.313 e. The zero-order chi connectivity index (χ0) is 11.6. The molecule has 5 nitrogen and oxygen atoms in total. The third-order valence-electron chi connectivity index (χ3n) is 1.01. The van der Waals surface area contributed by atoms with E-state index in [2.05, 4.69) is 12.6 Å². The van der Waals surface area contributed by atoms with Crippen molar-refractivity contribution in [3.05, 3.63) is 0 Å². The molecular weight excluding hydrogens is 208 g/mol. The Morgan fingerprint density at radius 2 is 1.93 bits per heavy atom. The number of aliphatic carboxylic acids is 1. The van der Waals surface area contributed by atoms with Crippen LogP contribution in [0.4, 0.5) is 0 Å². The van der Waals surface area contributed by atoms with Crippen LogP contribution in [-0.2, 0) is 9.53 Å². The predicted molar refractivity (Wildman–Crippen MR) is 55.7 cm³/mol. The lowest BCUT2D eigenvalue weighted by Gasteiger charge is -2.10. The molecule has 0 aliphatic rings. The van der Waals surface area contributed by atoms with Crippen molar-refractivity contribution in [1.82, 2.24) is 0 Å². The molecule has 6 heteroatoms. The first kappa shape index (κ1) is 16.1. The van der Waals surface area contributed by atoms with Crippen molar-refractivity contribution in [3.8, 4) is 0 Å². The summed E-state index contributed by atoms with van der Waals surface area (Å²) >= 11 is 3.42. The molecule has 0 aromatic rings. The first-order chi connectivity index (χ1) is 6.43. The lowest BCUT2D eigenvalue weighted by molar-refractivity contribution is -0.133. The minimum absolute atomic E-state index is 0.00667. The summed E-state index contributed by atoms with van der Waals surface area (Å²) in [6.07, 6.45) is -0.612. The molecule has 0 aromatic carbocycles. The molecule has 14 heavy (non-hydrogen) atoms. The maximum atomic E-state index is 9.29. The highest BCUT2D eigenvalue weighted by atomic mass is 32.1. The Labute approximate surface area is 89.1 Å². The van der Waals surface area contributed by atoms with Gasteiger partial charge >= 0.3 is 5.97 Å². The topological polar surface area (TPSA) is 87.0 Å². The van der Waals surface area contributed by atoms with Crippen molar-refractivity contribution in [3.63, 3.8) is 0 Å². The fourth-order valence-electron chi connectivity index (χ4n) is 0.356. The van der Waals surface area contributed by atoms with Crippen LogP contribution in [-0.4, -0.2) is 52.5 Å². The number of rotatable bonds is 5. The van der Waals surface area contributed by atoms with Crippen LogP contribution in [0.1, 0.15) is 13.8 Å². The summed E-state index contributed by atoms with van der Waals surface area (Å²) in [5, 5.41) is 24.8. The van der Waals surface area contributed by atoms with Crippen LogP contribution in [0.15, 0.2) is 0 Å². The molecule has 0 bridgehead atoms. The fourth-order valence-corrected chi connectivity index (χ4v) is 0.356. The summed E-state index contributed by atoms with van der Waals surface area (Å²) in [5.74, 6) is -0.965. The molecule has 2 unspecified atom stereocenters. The van der Waals surface area contributed by atoms with Crippen molar-refractivity contribution in [2.75, 3.05) is 19.0 Å². The zero-order valence-corrected chi connectivity index (χ0v) is 9.28. The Balaban J connectivity index is 0. The normalized spacial score (nSPS) is 13.8. The van der Waals surface area contributed by atoms with Crippen LogP contribution in [0, 0.1) is 0 Å². The first-order valence-electron chi connectivity index (χ1n) is 4.17. The monoisotopic (exact) mass is 226 g/mol. The standard InChI is InChI=1S/C6H14O3.C2H4O2S/c1-5(8)4-9-6(2)3-7;3-2(4)1-5/h5-8H,3-4H2,1-2H3;5H,1H2,(H,3,4). The summed E-state index contributed by atoms with van der Waals surface area (Å²) in [7, 11) is 0. The molecule has 0 amide bonds. The molecule has 0 heterocycles. The largest absolute Gasteiger partial charge is 0.481 e. The SMILES string of the molecule is CC(O)COC(C)CO.O=C(O)CS. The van der Waals surface area contributed by atoms with Gasteiger partial charge in [-0.15, -0.1) is 0 Å². The number of aliphatic hydroxyl groups excluding tert-OH is 2. The van der Waals surface area contributed by atoms with Gasteiger partial charge in [0, 0.05) is 0 Å². The van der Waals surface area contributed by atoms with E-state index in [0.29, 0.717) is 6.61 Å². The molecule has 0 saturated heterocycles. The second kappa shape index (κ2) is 10.8. The van der Waals surface area contributed by atoms with Crippen LogP contribution in [0.3, 0.4) is 0 Å². The van der Waals surface area contributed by atoms with Gasteiger partial charge in [0.1, 0.15) is 0 Å². The van der Waals surface area contributed by atoms with Crippen LogP contribution in [0.25, 0.3) is 0 Å². The highest BCUT2D eigenvalue weighted by Crippen LogP contribution is 1.90. The van der Waals surface area contributed by atoms with Gasteiger partial charge in [-0.3, -0.25) is 4.79 Å². The van der Waals surface area contributed by atoms with Gasteiger partial charge in [-0.1, -0.05) is 0 Å². The molecule has 0 aromatic heterocycles. The maximum absolute atomic E-state index is 9.29. The van der Waals surface area contributed by atoms with E-state index in [1.54, 1.807) is 13.8 Å². The van der Waals surface area contributed by atoms with Crippen molar-refractivity contribution < 1.29 is 24.9 Å². The Bertz CT molecular complexity index is 140. The summed E-state index contributed by atoms with van der Waals surface area (Å²) in [6, 6.07) is 0. The summed E-state index contributed by atoms with van der Waals surface area (Å²) < 4.78 is 4.95. The second-order valence-corrected chi connectivity index (χ2v) is 3.04. The molecule has 3 N–H and O–H groups in total. The van der Waals surface area contributed by atoms with E-state index in [1.165, 1.54) is 0 Å². The number of hydrogen-bond donors (Lipinski definition) is 4. The molecule has 0 aliphatic carbocycles. The number of carboxylic acids is 1. The molecule has 0 radical (unpaired) electrons. The number of ether oxygens (including phenoxy) is 1. The Morgan fingerprint density at radius 3 is 2.14 bits per heavy atom. The van der Waals surface area contributed by atoms with Crippen molar-refractivity contribution >= 4 is 18.6 Å². The minimum Gasteiger partial charge on any atom is -0.481 e. The van der Waals surface area contributed by atoms with Gasteiger partial charge in [-0.25, -0.2) is 0 Å². The van der Waals surface area contributed by atoms with Crippen LogP contribution >= 0.6 is 12.6 Å². The predicted octanol–water partition coefficient (Wildman–Crippen LogP) is -0.235. The van der Waals surface area contributed by atoms with Gasteiger partial charge in [0.2, 0.25) is 0 Å². The van der Waals surface area contributed by atoms with Gasteiger partial charge < -0.3 is 20.1 Å². The number of thiol groups is 1. The quantitative estimate of drug-likeness (QED) is 0.486. The smallest absolute Gasteiger partial charge is 0.313 e. The van der Waals surface area contributed by atoms with Gasteiger partial charge in [0.15, 0.2) is 0 Å². The third kappa shape index (κ3) is 17.7. The molecule has 2 atom stereocenters. The van der Waals surface area contributed by atoms with E-state index in [4.69, 9.17) is 20.1 Å². The van der Waals surface area contributed by atoms with E-state index in [1.807, 2.05) is 0 Å². The number of carbonyl (C=O) groups is 1. The van der Waals surface area contributed by atoms with Crippen molar-refractivity contribution in [1.29, 1.82) is 0 Å². The van der Waals surface area contributed by atoms with Gasteiger partial charge in [0.25, 0.3) is 0 Å². The van der Waals surface area contributed by atoms with E-state index >= 15 is 0 Å². The number of aliphatic hydroxyl groups is 2. The van der Waals surface area contributed by atoms with E-state index in [-0.39, 0.29) is 18.5 Å². The highest BCUT2D eigenvalue weighted by Gasteiger charge is 2.00. The van der Waals surface area contributed by atoms with Gasteiger partial charge in [0.05, 0.1) is 31.2 Å². The summed E-state index contributed by atoms with van der Waals surface area (Å²) in [6.45, 7) is 3.70. The fraction of sp³-hybridized carbons (Fsp3) is 0.875. The van der Waals surface area contributed by atoms with Gasteiger partial charge in [-0.2, -0.15) is 12.6 Å². The van der Waals surface area contributed by atoms with E-state index in [9.17, 15) is 4.79 Å². The Hall–Kier alpha value is -0.300. The first-order valence-corrected chi connectivity index (χ1v) is 4.80. The molecule has 86 valence electrons. The zero-order valence-electron chi connectivity index (χ0n) is 8.38. The third-order valence-corrected chi connectivity index (χ3v) is 1.28. The second-order valence-electron chi connectivity index (χ2n) is 2.73. The molecule has 0 rings (SSSR count). The summed E-state index contributed by atoms with van der Waals surface area (Å²) in [5.41, 5.74) is 0. The average Bonchev–Trinajstić information content (AvgIpc) is 2.14. The van der Waals surface area contributed by atoms with E-state index in [0.717, 1.165) is 0 Å². The molecule has 0 spiro atoms. The molecule has 0 fully saturated rings. The molecule has 0 aliphatic heterocycles. The van der Waals surface area contributed by atoms with E-state index < -0.39 is 12.1 Å². The number of carboxylic acid groups (broad SMARTS) is 1. The van der Waals surface area contributed by atoms with Crippen molar-refractivity contribution in [2.24, 2.45) is 0 Å². The Kier molecular flexibility index (Phi) is 12.4. The number of hydrogen-bond acceptors (Lipinski definition) is 5. The van der Waals surface area contributed by atoms with Crippen LogP contribution < -0.4 is 0 Å². The Morgan fingerprint density at radius 1 is 1.50 bits per heavy atom. The van der Waals surface area contributed by atoms with Crippen LogP contribution in [0.5, 0.6) is 0 Å². The average molecular weight is 226 g/mol. The molecular formula is C8H18O5S. The lowest BCUT2D eigenvalue weighted by Crippen LogP contribution is -2.19. The minimum atomic E-state index is -0.881. The molecule has 0 saturated carbocycles. The summed E-state index contributed by atoms with van der Waals surface area (Å²) in [4.78, 5) is 9.29. The highest BCUT2D eigenvalue weighted by molar-refractivity contribution is 7.81. The lowest BCUT2D eigenvalue weighted by atomic mass is 10.4. The van der Waals surface area contributed by atoms with Gasteiger partial charge in [-0.05, 0) is 13.8 Å². The van der Waals surface area contributed by atoms with Crippen molar-refractivity contribution in [2.45, 2.75) is 26.1 Å².